The van der Waals surface area contributed by atoms with Crippen LogP contribution in [0.5, 0.6) is 5.75 Å². The fourth-order valence-corrected chi connectivity index (χ4v) is 5.24. The average Bonchev–Trinajstić information content (AvgIpc) is 2.80. The number of amides is 1. The second-order valence-electron chi connectivity index (χ2n) is 8.75. The van der Waals surface area contributed by atoms with Crippen LogP contribution in [0.3, 0.4) is 0 Å². The molecule has 0 aliphatic rings. The lowest BCUT2D eigenvalue weighted by molar-refractivity contribution is -0.119. The van der Waals surface area contributed by atoms with Gasteiger partial charge in [0.2, 0.25) is 5.91 Å². The normalized spacial score (nSPS) is 11.6. The molecule has 0 heterocycles. The predicted octanol–water partition coefficient (Wildman–Crippen LogP) is 5.14. The molecule has 3 aromatic carbocycles. The number of carbonyl (C=O) groups is 1. The van der Waals surface area contributed by atoms with Crippen LogP contribution in [0, 0.1) is 0 Å². The van der Waals surface area contributed by atoms with Crippen LogP contribution in [0.15, 0.2) is 88.2 Å². The SMILES string of the molecule is CC(C)(C)c1ccccc1OCCNC(=O)CN(c1cccc(Br)c1)S(=O)(=O)c1ccccc1. The molecule has 0 bridgehead atoms. The van der Waals surface area contributed by atoms with E-state index >= 15 is 0 Å². The number of carbonyl (C=O) groups excluding carboxylic acids is 1. The highest BCUT2D eigenvalue weighted by Gasteiger charge is 2.27. The van der Waals surface area contributed by atoms with Crippen molar-refractivity contribution < 1.29 is 17.9 Å². The highest BCUT2D eigenvalue weighted by Crippen LogP contribution is 2.31. The van der Waals surface area contributed by atoms with Gasteiger partial charge in [0.15, 0.2) is 0 Å². The minimum atomic E-state index is -3.94. The zero-order valence-electron chi connectivity index (χ0n) is 19.5. The molecule has 0 unspecified atom stereocenters. The van der Waals surface area contributed by atoms with Gasteiger partial charge < -0.3 is 10.1 Å². The Bertz CT molecular complexity index is 1220. The third kappa shape index (κ3) is 6.61. The van der Waals surface area contributed by atoms with Crippen LogP contribution in [0.1, 0.15) is 26.3 Å². The number of hydrogen-bond acceptors (Lipinski definition) is 4. The maximum atomic E-state index is 13.3. The predicted molar refractivity (Wildman–Crippen MR) is 139 cm³/mol. The van der Waals surface area contributed by atoms with E-state index in [1.54, 1.807) is 42.5 Å². The largest absolute Gasteiger partial charge is 0.491 e. The summed E-state index contributed by atoms with van der Waals surface area (Å²) in [7, 11) is -3.94. The summed E-state index contributed by atoms with van der Waals surface area (Å²) < 4.78 is 34.4. The minimum absolute atomic E-state index is 0.0733. The fraction of sp³-hybridized carbons (Fsp3) is 0.269. The van der Waals surface area contributed by atoms with Gasteiger partial charge >= 0.3 is 0 Å². The Morgan fingerprint density at radius 2 is 1.65 bits per heavy atom. The zero-order valence-corrected chi connectivity index (χ0v) is 21.9. The maximum absolute atomic E-state index is 13.3. The van der Waals surface area contributed by atoms with Crippen LogP contribution in [-0.2, 0) is 20.2 Å². The molecule has 0 saturated heterocycles. The second-order valence-corrected chi connectivity index (χ2v) is 11.5. The maximum Gasteiger partial charge on any atom is 0.264 e. The Hall–Kier alpha value is -2.84. The third-order valence-electron chi connectivity index (χ3n) is 5.09. The van der Waals surface area contributed by atoms with E-state index in [2.05, 4.69) is 42.0 Å². The van der Waals surface area contributed by atoms with Crippen molar-refractivity contribution >= 4 is 37.5 Å². The fourth-order valence-electron chi connectivity index (χ4n) is 3.42. The van der Waals surface area contributed by atoms with E-state index in [-0.39, 0.29) is 30.0 Å². The lowest BCUT2D eigenvalue weighted by Gasteiger charge is -2.24. The first-order valence-electron chi connectivity index (χ1n) is 10.9. The van der Waals surface area contributed by atoms with Gasteiger partial charge in [-0.3, -0.25) is 9.10 Å². The Morgan fingerprint density at radius 1 is 0.971 bits per heavy atom. The molecule has 3 rings (SSSR count). The van der Waals surface area contributed by atoms with E-state index in [1.165, 1.54) is 12.1 Å². The van der Waals surface area contributed by atoms with Crippen molar-refractivity contribution in [3.8, 4) is 5.75 Å². The molecule has 180 valence electrons. The second kappa shape index (κ2) is 11.1. The summed E-state index contributed by atoms with van der Waals surface area (Å²) in [4.78, 5) is 12.9. The van der Waals surface area contributed by atoms with Gasteiger partial charge in [0.25, 0.3) is 10.0 Å². The highest BCUT2D eigenvalue weighted by molar-refractivity contribution is 9.10. The van der Waals surface area contributed by atoms with E-state index < -0.39 is 15.9 Å². The van der Waals surface area contributed by atoms with Crippen LogP contribution in [-0.4, -0.2) is 34.0 Å². The summed E-state index contributed by atoms with van der Waals surface area (Å²) in [6, 6.07) is 22.7. The molecular formula is C26H29BrN2O4S. The molecule has 0 radical (unpaired) electrons. The Balaban J connectivity index is 1.69. The lowest BCUT2D eigenvalue weighted by atomic mass is 9.86. The summed E-state index contributed by atoms with van der Waals surface area (Å²) in [6.45, 7) is 6.49. The topological polar surface area (TPSA) is 75.7 Å². The molecular weight excluding hydrogens is 516 g/mol. The van der Waals surface area contributed by atoms with Gasteiger partial charge in [-0.15, -0.1) is 0 Å². The first kappa shape index (κ1) is 25.8. The summed E-state index contributed by atoms with van der Waals surface area (Å²) in [5, 5.41) is 2.77. The molecule has 0 fully saturated rings. The van der Waals surface area contributed by atoms with Gasteiger partial charge in [0.1, 0.15) is 18.9 Å². The average molecular weight is 545 g/mol. The number of halogens is 1. The van der Waals surface area contributed by atoms with E-state index in [9.17, 15) is 13.2 Å². The van der Waals surface area contributed by atoms with Crippen molar-refractivity contribution in [2.45, 2.75) is 31.1 Å². The number of hydrogen-bond donors (Lipinski definition) is 1. The van der Waals surface area contributed by atoms with Crippen molar-refractivity contribution in [1.29, 1.82) is 0 Å². The lowest BCUT2D eigenvalue weighted by Crippen LogP contribution is -2.42. The summed E-state index contributed by atoms with van der Waals surface area (Å²) in [5.41, 5.74) is 1.40. The number of sulfonamides is 1. The molecule has 0 aromatic heterocycles. The van der Waals surface area contributed by atoms with Crippen molar-refractivity contribution in [1.82, 2.24) is 5.32 Å². The Labute approximate surface area is 210 Å². The number of benzene rings is 3. The number of rotatable bonds is 9. The van der Waals surface area contributed by atoms with Gasteiger partial charge in [0.05, 0.1) is 17.1 Å². The van der Waals surface area contributed by atoms with E-state index in [0.717, 1.165) is 15.6 Å². The Morgan fingerprint density at radius 3 is 2.32 bits per heavy atom. The zero-order chi connectivity index (χ0) is 24.8. The van der Waals surface area contributed by atoms with Gasteiger partial charge in [-0.05, 0) is 47.4 Å². The summed E-state index contributed by atoms with van der Waals surface area (Å²) in [6.07, 6.45) is 0. The van der Waals surface area contributed by atoms with Crippen LogP contribution >= 0.6 is 15.9 Å². The van der Waals surface area contributed by atoms with Crippen molar-refractivity contribution in [2.75, 3.05) is 24.0 Å². The molecule has 0 aliphatic heterocycles. The van der Waals surface area contributed by atoms with Gasteiger partial charge in [-0.2, -0.15) is 0 Å². The first-order chi connectivity index (χ1) is 16.1. The summed E-state index contributed by atoms with van der Waals surface area (Å²) in [5.74, 6) is 0.346. The van der Waals surface area contributed by atoms with Crippen LogP contribution < -0.4 is 14.4 Å². The molecule has 34 heavy (non-hydrogen) atoms. The van der Waals surface area contributed by atoms with E-state index in [4.69, 9.17) is 4.74 Å². The molecule has 6 nitrogen and oxygen atoms in total. The smallest absolute Gasteiger partial charge is 0.264 e. The van der Waals surface area contributed by atoms with Crippen molar-refractivity contribution in [2.24, 2.45) is 0 Å². The van der Waals surface area contributed by atoms with Crippen LogP contribution in [0.2, 0.25) is 0 Å². The molecule has 0 saturated carbocycles. The molecule has 0 atom stereocenters. The number of ether oxygens (including phenoxy) is 1. The number of anilines is 1. The van der Waals surface area contributed by atoms with Crippen LogP contribution in [0.25, 0.3) is 0 Å². The first-order valence-corrected chi connectivity index (χ1v) is 13.1. The molecule has 0 spiro atoms. The van der Waals surface area contributed by atoms with Gasteiger partial charge in [0, 0.05) is 4.47 Å². The molecule has 0 aliphatic carbocycles. The van der Waals surface area contributed by atoms with Gasteiger partial charge in [-0.1, -0.05) is 79.2 Å². The number of nitrogens with zero attached hydrogens (tertiary/aromatic N) is 1. The quantitative estimate of drug-likeness (QED) is 0.378. The van der Waals surface area contributed by atoms with Crippen LogP contribution in [0.4, 0.5) is 5.69 Å². The number of para-hydroxylation sites is 1. The number of nitrogens with one attached hydrogen (secondary N) is 1. The van der Waals surface area contributed by atoms with Gasteiger partial charge in [-0.25, -0.2) is 8.42 Å². The highest BCUT2D eigenvalue weighted by atomic mass is 79.9. The van der Waals surface area contributed by atoms with E-state index in [0.29, 0.717) is 10.2 Å². The Kier molecular flexibility index (Phi) is 8.38. The van der Waals surface area contributed by atoms with Crippen molar-refractivity contribution in [3.63, 3.8) is 0 Å². The molecule has 1 amide bonds. The summed E-state index contributed by atoms with van der Waals surface area (Å²) >= 11 is 3.37. The van der Waals surface area contributed by atoms with Crippen molar-refractivity contribution in [3.05, 3.63) is 88.9 Å². The standard InChI is InChI=1S/C26H29BrN2O4S/c1-26(2,3)23-14-7-8-15-24(23)33-17-16-28-25(30)19-29(21-11-9-10-20(27)18-21)34(31,32)22-12-5-4-6-13-22/h4-15,18H,16-17,19H2,1-3H3,(H,28,30). The molecule has 3 aromatic rings. The minimum Gasteiger partial charge on any atom is -0.491 e. The monoisotopic (exact) mass is 544 g/mol. The molecule has 1 N–H and O–H groups in total. The molecule has 8 heteroatoms. The third-order valence-corrected chi connectivity index (χ3v) is 7.37. The van der Waals surface area contributed by atoms with E-state index in [1.807, 2.05) is 24.3 Å².